The van der Waals surface area contributed by atoms with Crippen LogP contribution in [0.25, 0.3) is 38.6 Å². The Morgan fingerprint density at radius 2 is 1.52 bits per heavy atom. The van der Waals surface area contributed by atoms with Gasteiger partial charge in [-0.25, -0.2) is 18.0 Å². The maximum Gasteiger partial charge on any atom is 0.338 e. The average molecular weight is 548 g/mol. The number of methoxy groups -OCH3 is 1. The van der Waals surface area contributed by atoms with E-state index < -0.39 is 28.8 Å². The summed E-state index contributed by atoms with van der Waals surface area (Å²) < 4.78 is 53.2. The third kappa shape index (κ3) is 4.35. The molecule has 0 aliphatic carbocycles. The van der Waals surface area contributed by atoms with Gasteiger partial charge in [0.05, 0.1) is 35.5 Å². The number of fused-ring (bicyclic) bond motifs is 2. The molecule has 5 aromatic rings. The molecule has 206 valence electrons. The highest BCUT2D eigenvalue weighted by Crippen LogP contribution is 2.44. The highest BCUT2D eigenvalue weighted by molar-refractivity contribution is 6.08. The van der Waals surface area contributed by atoms with Crippen LogP contribution in [0.15, 0.2) is 54.7 Å². The molecule has 0 fully saturated rings. The molecule has 0 atom stereocenters. The normalized spacial score (nSPS) is 12.1. The minimum absolute atomic E-state index is 0.245. The summed E-state index contributed by atoms with van der Waals surface area (Å²) in [5.74, 6) is -3.67. The van der Waals surface area contributed by atoms with Crippen molar-refractivity contribution >= 4 is 33.7 Å². The van der Waals surface area contributed by atoms with Crippen molar-refractivity contribution in [2.45, 2.75) is 40.5 Å². The Hall–Kier alpha value is -4.40. The second-order valence-electron chi connectivity index (χ2n) is 11.1. The van der Waals surface area contributed by atoms with Crippen molar-refractivity contribution in [2.24, 2.45) is 5.41 Å². The second-order valence-corrected chi connectivity index (χ2v) is 11.1. The zero-order valence-electron chi connectivity index (χ0n) is 23.0. The third-order valence-corrected chi connectivity index (χ3v) is 6.87. The van der Waals surface area contributed by atoms with Crippen LogP contribution in [0, 0.1) is 22.9 Å². The molecule has 0 radical (unpaired) electrons. The lowest BCUT2D eigenvalue weighted by atomic mass is 9.94. The van der Waals surface area contributed by atoms with E-state index in [9.17, 15) is 14.0 Å². The van der Waals surface area contributed by atoms with Gasteiger partial charge in [0, 0.05) is 33.1 Å². The largest absolute Gasteiger partial charge is 0.465 e. The van der Waals surface area contributed by atoms with E-state index in [1.54, 1.807) is 45.2 Å². The Bertz CT molecular complexity index is 1790. The van der Waals surface area contributed by atoms with E-state index in [-0.39, 0.29) is 28.5 Å². The monoisotopic (exact) mass is 547 g/mol. The van der Waals surface area contributed by atoms with E-state index in [1.165, 1.54) is 16.8 Å². The Labute approximate surface area is 229 Å². The van der Waals surface area contributed by atoms with Crippen molar-refractivity contribution in [1.82, 2.24) is 14.3 Å². The molecule has 0 unspecified atom stereocenters. The van der Waals surface area contributed by atoms with E-state index in [4.69, 9.17) is 0 Å². The number of halogens is 3. The molecular weight excluding hydrogens is 519 g/mol. The van der Waals surface area contributed by atoms with E-state index in [0.29, 0.717) is 33.2 Å². The van der Waals surface area contributed by atoms with Crippen LogP contribution in [0.1, 0.15) is 61.4 Å². The SMILES string of the molecule is COC(=O)c1cc(F)c(-c2c(C(C)C)n(-c3ccc(F)cc3)c3cc4cnn(C(=O)C(C)(C)C)c4cc23)c(F)c1. The van der Waals surface area contributed by atoms with Crippen molar-refractivity contribution in [3.8, 4) is 16.8 Å². The summed E-state index contributed by atoms with van der Waals surface area (Å²) in [4.78, 5) is 25.2. The maximum absolute atomic E-state index is 15.8. The molecule has 2 aromatic heterocycles. The van der Waals surface area contributed by atoms with Crippen LogP contribution < -0.4 is 0 Å². The molecule has 0 bridgehead atoms. The fourth-order valence-electron chi connectivity index (χ4n) is 5.03. The van der Waals surface area contributed by atoms with Crippen molar-refractivity contribution in [1.29, 1.82) is 0 Å². The van der Waals surface area contributed by atoms with E-state index in [0.717, 1.165) is 19.2 Å². The molecule has 0 saturated heterocycles. The van der Waals surface area contributed by atoms with Crippen LogP contribution in [0.2, 0.25) is 0 Å². The predicted octanol–water partition coefficient (Wildman–Crippen LogP) is 7.66. The fraction of sp³-hybridized carbons (Fsp3) is 0.258. The van der Waals surface area contributed by atoms with Crippen LogP contribution in [-0.4, -0.2) is 33.3 Å². The topological polar surface area (TPSA) is 66.1 Å². The van der Waals surface area contributed by atoms with Gasteiger partial charge in [-0.05, 0) is 54.4 Å². The fourth-order valence-corrected chi connectivity index (χ4v) is 5.03. The number of benzene rings is 3. The smallest absolute Gasteiger partial charge is 0.338 e. The van der Waals surface area contributed by atoms with Gasteiger partial charge >= 0.3 is 5.97 Å². The Kier molecular flexibility index (Phi) is 6.56. The van der Waals surface area contributed by atoms with E-state index >= 15 is 8.78 Å². The van der Waals surface area contributed by atoms with Crippen LogP contribution in [0.5, 0.6) is 0 Å². The molecule has 0 N–H and O–H groups in total. The van der Waals surface area contributed by atoms with Crippen molar-refractivity contribution in [2.75, 3.05) is 7.11 Å². The van der Waals surface area contributed by atoms with Gasteiger partial charge < -0.3 is 9.30 Å². The summed E-state index contributed by atoms with van der Waals surface area (Å²) >= 11 is 0. The Morgan fingerprint density at radius 3 is 2.08 bits per heavy atom. The lowest BCUT2D eigenvalue weighted by Crippen LogP contribution is -2.27. The molecule has 9 heteroatoms. The lowest BCUT2D eigenvalue weighted by molar-refractivity contribution is 0.0599. The number of hydrogen-bond donors (Lipinski definition) is 0. The lowest BCUT2D eigenvalue weighted by Gasteiger charge is -2.16. The summed E-state index contributed by atoms with van der Waals surface area (Å²) in [6.07, 6.45) is 1.57. The van der Waals surface area contributed by atoms with Gasteiger partial charge in [-0.1, -0.05) is 34.6 Å². The highest BCUT2D eigenvalue weighted by atomic mass is 19.1. The minimum atomic E-state index is -0.945. The van der Waals surface area contributed by atoms with E-state index in [1.807, 2.05) is 24.5 Å². The quantitative estimate of drug-likeness (QED) is 0.217. The predicted molar refractivity (Wildman–Crippen MR) is 147 cm³/mol. The number of carbonyl (C=O) groups is 2. The van der Waals surface area contributed by atoms with Gasteiger partial charge in [0.25, 0.3) is 5.91 Å². The Morgan fingerprint density at radius 1 is 0.900 bits per heavy atom. The molecule has 3 aromatic carbocycles. The van der Waals surface area contributed by atoms with Gasteiger partial charge in [0.1, 0.15) is 17.5 Å². The van der Waals surface area contributed by atoms with Gasteiger partial charge in [-0.3, -0.25) is 4.79 Å². The van der Waals surface area contributed by atoms with Crippen LogP contribution >= 0.6 is 0 Å². The molecule has 0 saturated carbocycles. The molecule has 0 amide bonds. The molecule has 0 spiro atoms. The van der Waals surface area contributed by atoms with Crippen molar-refractivity contribution < 1.29 is 27.5 Å². The summed E-state index contributed by atoms with van der Waals surface area (Å²) in [5, 5.41) is 5.44. The molecular formula is C31H28F3N3O3. The number of esters is 1. The summed E-state index contributed by atoms with van der Waals surface area (Å²) in [7, 11) is 1.13. The number of carbonyl (C=O) groups excluding carboxylic acids is 2. The number of nitrogens with zero attached hydrogens (tertiary/aromatic N) is 3. The number of aromatic nitrogens is 3. The number of hydrogen-bond acceptors (Lipinski definition) is 4. The summed E-state index contributed by atoms with van der Waals surface area (Å²) in [6, 6.07) is 11.2. The molecule has 40 heavy (non-hydrogen) atoms. The van der Waals surface area contributed by atoms with Crippen molar-refractivity contribution in [3.63, 3.8) is 0 Å². The zero-order valence-corrected chi connectivity index (χ0v) is 23.0. The molecule has 0 aliphatic heterocycles. The first-order valence-corrected chi connectivity index (χ1v) is 12.8. The third-order valence-electron chi connectivity index (χ3n) is 6.87. The van der Waals surface area contributed by atoms with Gasteiger partial charge in [-0.15, -0.1) is 0 Å². The van der Waals surface area contributed by atoms with Crippen LogP contribution in [-0.2, 0) is 4.74 Å². The van der Waals surface area contributed by atoms with Gasteiger partial charge in [0.2, 0.25) is 0 Å². The van der Waals surface area contributed by atoms with Crippen LogP contribution in [0.3, 0.4) is 0 Å². The van der Waals surface area contributed by atoms with Gasteiger partial charge in [-0.2, -0.15) is 9.78 Å². The standard InChI is InChI=1S/C31H28F3N3O3/c1-16(2)28-26(27-22(33)11-17(12-23(27)34)29(38)40-6)21-14-24-18(15-35-37(24)30(39)31(3,4)5)13-25(21)36(28)20-9-7-19(32)8-10-20/h7-16H,1-6H3. The van der Waals surface area contributed by atoms with Crippen LogP contribution in [0.4, 0.5) is 13.2 Å². The number of rotatable bonds is 4. The van der Waals surface area contributed by atoms with Crippen molar-refractivity contribution in [3.05, 3.63) is 83.4 Å². The minimum Gasteiger partial charge on any atom is -0.465 e. The van der Waals surface area contributed by atoms with E-state index in [2.05, 4.69) is 9.84 Å². The summed E-state index contributed by atoms with van der Waals surface area (Å²) in [6.45, 7) is 9.12. The Balaban J connectivity index is 1.95. The maximum atomic E-state index is 15.8. The molecule has 0 aliphatic rings. The molecule has 2 heterocycles. The first-order valence-electron chi connectivity index (χ1n) is 12.8. The second kappa shape index (κ2) is 9.66. The first kappa shape index (κ1) is 27.2. The average Bonchev–Trinajstić information content (AvgIpc) is 3.45. The zero-order chi connectivity index (χ0) is 29.1. The molecule has 5 rings (SSSR count). The molecule has 6 nitrogen and oxygen atoms in total. The number of ether oxygens (including phenoxy) is 1. The van der Waals surface area contributed by atoms with Gasteiger partial charge in [0.15, 0.2) is 0 Å². The summed E-state index contributed by atoms with van der Waals surface area (Å²) in [5.41, 5.74) is 1.18. The first-order chi connectivity index (χ1) is 18.8. The highest BCUT2D eigenvalue weighted by Gasteiger charge is 2.30.